The third-order valence-electron chi connectivity index (χ3n) is 24.2. The van der Waals surface area contributed by atoms with Crippen molar-refractivity contribution in [2.75, 3.05) is 151 Å². The van der Waals surface area contributed by atoms with E-state index in [1.165, 1.54) is 54.7 Å². The highest BCUT2D eigenvalue weighted by molar-refractivity contribution is 7.90. The van der Waals surface area contributed by atoms with Crippen molar-refractivity contribution < 1.29 is 44.9 Å². The normalized spacial score (nSPS) is 15.9. The maximum Gasteiger partial charge on any atom is 0.275 e. The lowest BCUT2D eigenvalue weighted by atomic mass is 10.0. The SMILES string of the molecule is CN1CCC(n2c(=O)c(-c3ccc(F)cc3)c(-c3ccnc(S(C)(=O)=O)n3)n2C)CC1.COC[C@H](C)N.COC[C@H](C)Nc1nccc(-c2c(-c3ccc(F)cc3)c(=O)n(C3CCN(C)CC3)n2C)n1.COC[C@H](C)Nc1nccc(-c2c(-c3ccc(F)cc3)c(=O)n(C3CCN(C)CC3)n2C)n1.COC[C@H](C)Nc1nccc(-c2c(-c3ccc(F)cc3)c(=O)n(C3CCNCC3)n2C)n1. The average Bonchev–Trinajstić information content (AvgIpc) is 1.61. The largest absolute Gasteiger partial charge is 0.383 e. The van der Waals surface area contributed by atoms with Gasteiger partial charge in [0.25, 0.3) is 22.2 Å². The fourth-order valence-corrected chi connectivity index (χ4v) is 18.2. The summed E-state index contributed by atoms with van der Waals surface area (Å²) in [6.07, 6.45) is 14.4. The van der Waals surface area contributed by atoms with Crippen LogP contribution in [0.2, 0.25) is 0 Å². The van der Waals surface area contributed by atoms with Crippen molar-refractivity contribution in [3.8, 4) is 90.1 Å². The van der Waals surface area contributed by atoms with Crippen LogP contribution in [0.15, 0.2) is 170 Å². The highest BCUT2D eigenvalue weighted by Crippen LogP contribution is 2.38. The van der Waals surface area contributed by atoms with Crippen molar-refractivity contribution >= 4 is 27.7 Å². The minimum Gasteiger partial charge on any atom is -0.383 e. The lowest BCUT2D eigenvalue weighted by Crippen LogP contribution is -2.36. The zero-order valence-corrected chi connectivity index (χ0v) is 80.5. The predicted octanol–water partition coefficient (Wildman–Crippen LogP) is 11.2. The van der Waals surface area contributed by atoms with Crippen LogP contribution in [-0.2, 0) is 57.0 Å². The van der Waals surface area contributed by atoms with Crippen LogP contribution in [0.3, 0.4) is 0 Å². The van der Waals surface area contributed by atoms with Crippen molar-refractivity contribution in [1.82, 2.24) is 97.3 Å². The van der Waals surface area contributed by atoms with E-state index in [9.17, 15) is 45.2 Å². The van der Waals surface area contributed by atoms with Gasteiger partial charge in [-0.3, -0.25) is 37.9 Å². The first-order valence-electron chi connectivity index (χ1n) is 45.3. The standard InChI is InChI=1S/2C24H31FN6O2.C23H29FN6O2.C21H24FN5O3S.C4H11NO/c2*1-16(15-33-4)27-24-26-12-9-20(28-24)22-21(17-5-7-18(25)8-6-17)23(32)31(30(22)3)19-10-13-29(2)14-11-19;1-15(14-32-3)27-23-26-13-10-19(28-23)21-20(16-4-6-17(24)7-5-16)22(31)30(29(21)2)18-8-11-25-12-9-18;1-25-12-9-16(10-13-25)27-20(28)18(14-4-6-15(22)7-5-14)19(26(27)2)17-8-11-23-21(24-17)31(3,29)30;1-4(5)3-6-2/h2*5-9,12,16,19H,10-11,13-15H2,1-4H3,(H,26,27,28);4-7,10,13,15,18,25H,8-9,11-12,14H2,1-3H3,(H,26,27,28);4-8,11,16H,9-10,12-13H2,1-3H3;4H,3,5H2,1-2H3/t2*16-;15-;;4-/m000.0/s1. The number of hydrogen-bond acceptors (Lipinski definition) is 26. The molecule has 6 N–H and O–H groups in total. The maximum absolute atomic E-state index is 13.8. The Bertz CT molecular complexity index is 6110. The van der Waals surface area contributed by atoms with Gasteiger partial charge in [-0.25, -0.2) is 84.6 Å². The fourth-order valence-electron chi connectivity index (χ4n) is 17.7. The summed E-state index contributed by atoms with van der Waals surface area (Å²) in [4.78, 5) is 96.7. The number of aromatic nitrogens is 16. The number of benzene rings is 4. The van der Waals surface area contributed by atoms with Gasteiger partial charge < -0.3 is 60.6 Å². The molecule has 0 radical (unpaired) electrons. The van der Waals surface area contributed by atoms with Crippen molar-refractivity contribution in [2.24, 2.45) is 33.9 Å². The number of piperidine rings is 4. The van der Waals surface area contributed by atoms with E-state index in [0.29, 0.717) is 134 Å². The van der Waals surface area contributed by atoms with Gasteiger partial charge in [0.05, 0.1) is 118 Å². The lowest BCUT2D eigenvalue weighted by molar-refractivity contribution is 0.185. The van der Waals surface area contributed by atoms with Gasteiger partial charge in [-0.2, -0.15) is 0 Å². The van der Waals surface area contributed by atoms with E-state index >= 15 is 0 Å². The molecule has 4 aromatic carbocycles. The zero-order chi connectivity index (χ0) is 97.1. The van der Waals surface area contributed by atoms with E-state index in [-0.39, 0.29) is 93.2 Å². The molecule has 34 nitrogen and oxygen atoms in total. The number of hydrogen-bond donors (Lipinski definition) is 5. The number of methoxy groups -OCH3 is 4. The molecule has 4 saturated heterocycles. The molecule has 0 amide bonds. The molecule has 8 aromatic heterocycles. The van der Waals surface area contributed by atoms with E-state index in [0.717, 1.165) is 110 Å². The second-order valence-corrected chi connectivity index (χ2v) is 36.8. The van der Waals surface area contributed by atoms with Crippen LogP contribution in [-0.4, -0.2) is 259 Å². The first-order chi connectivity index (χ1) is 64.7. The summed E-state index contributed by atoms with van der Waals surface area (Å²) in [7, 11) is 16.6. The molecule has 0 aliphatic carbocycles. The summed E-state index contributed by atoms with van der Waals surface area (Å²) in [5.41, 5.74) is 14.0. The second-order valence-electron chi connectivity index (χ2n) is 34.9. The molecule has 0 spiro atoms. The molecule has 12 aromatic rings. The Morgan fingerprint density at radius 3 is 0.837 bits per heavy atom. The summed E-state index contributed by atoms with van der Waals surface area (Å²) < 4.78 is 113. The Kier molecular flexibility index (Phi) is 35.4. The van der Waals surface area contributed by atoms with E-state index in [2.05, 4.69) is 79.7 Å². The number of nitrogens with one attached hydrogen (secondary N) is 4. The summed E-state index contributed by atoms with van der Waals surface area (Å²) in [5, 5.41) is 12.7. The molecule has 0 bridgehead atoms. The van der Waals surface area contributed by atoms with Crippen LogP contribution >= 0.6 is 0 Å². The Hall–Kier alpha value is -12.1. The van der Waals surface area contributed by atoms with E-state index in [1.807, 2.05) is 84.0 Å². The number of ether oxygens (including phenoxy) is 4. The highest BCUT2D eigenvalue weighted by atomic mass is 32.2. The minimum absolute atomic E-state index is 0.00198. The second kappa shape index (κ2) is 46.9. The quantitative estimate of drug-likeness (QED) is 0.0236. The number of anilines is 3. The van der Waals surface area contributed by atoms with E-state index < -0.39 is 15.7 Å². The molecule has 12 heterocycles. The van der Waals surface area contributed by atoms with Gasteiger partial charge in [0.1, 0.15) is 23.3 Å². The molecule has 0 unspecified atom stereocenters. The topological polar surface area (TPSA) is 366 Å². The minimum atomic E-state index is -3.63. The summed E-state index contributed by atoms with van der Waals surface area (Å²) in [6, 6.07) is 31.3. The highest BCUT2D eigenvalue weighted by Gasteiger charge is 2.35. The predicted molar refractivity (Wildman–Crippen MR) is 516 cm³/mol. The molecule has 4 aliphatic rings. The fraction of sp³-hybridized carbons (Fsp3) is 0.458. The monoisotopic (exact) mass is 1880 g/mol. The van der Waals surface area contributed by atoms with Crippen LogP contribution in [0.5, 0.6) is 0 Å². The van der Waals surface area contributed by atoms with Crippen LogP contribution < -0.4 is 49.2 Å². The van der Waals surface area contributed by atoms with Crippen molar-refractivity contribution in [3.63, 3.8) is 0 Å². The number of nitrogens with two attached hydrogens (primary N) is 1. The third-order valence-corrected chi connectivity index (χ3v) is 25.1. The molecular weight excluding hydrogens is 1760 g/mol. The molecule has 135 heavy (non-hydrogen) atoms. The third kappa shape index (κ3) is 25.2. The number of rotatable bonds is 27. The summed E-state index contributed by atoms with van der Waals surface area (Å²) in [6.45, 7) is 17.2. The number of nitrogens with zero attached hydrogens (tertiary/aromatic N) is 19. The van der Waals surface area contributed by atoms with Gasteiger partial charge in [0, 0.05) is 112 Å². The van der Waals surface area contributed by atoms with Crippen molar-refractivity contribution in [1.29, 1.82) is 0 Å². The Morgan fingerprint density at radius 2 is 0.607 bits per heavy atom. The average molecular weight is 1880 g/mol. The molecule has 39 heteroatoms. The smallest absolute Gasteiger partial charge is 0.275 e. The Balaban J connectivity index is 0.000000159. The lowest BCUT2D eigenvalue weighted by Gasteiger charge is -2.30. The van der Waals surface area contributed by atoms with Gasteiger partial charge in [-0.15, -0.1) is 0 Å². The van der Waals surface area contributed by atoms with Gasteiger partial charge in [-0.05, 0) is 248 Å². The number of likely N-dealkylation sites (tertiary alicyclic amines) is 3. The van der Waals surface area contributed by atoms with Crippen LogP contribution in [0.1, 0.15) is 103 Å². The van der Waals surface area contributed by atoms with Gasteiger partial charge in [-0.1, -0.05) is 48.5 Å². The summed E-state index contributed by atoms with van der Waals surface area (Å²) in [5.74, 6) is -0.0498. The molecule has 724 valence electrons. The molecule has 16 rings (SSSR count). The van der Waals surface area contributed by atoms with Crippen LogP contribution in [0, 0.1) is 23.3 Å². The Labute approximate surface area is 783 Å². The van der Waals surface area contributed by atoms with Crippen molar-refractivity contribution in [2.45, 2.75) is 133 Å². The van der Waals surface area contributed by atoms with Crippen molar-refractivity contribution in [3.05, 3.63) is 211 Å². The van der Waals surface area contributed by atoms with Crippen LogP contribution in [0.25, 0.3) is 90.1 Å². The molecule has 4 fully saturated rings. The van der Waals surface area contributed by atoms with Gasteiger partial charge in [0.2, 0.25) is 32.8 Å². The van der Waals surface area contributed by atoms with Gasteiger partial charge >= 0.3 is 0 Å². The first kappa shape index (κ1) is 102. The van der Waals surface area contributed by atoms with Crippen LogP contribution in [0.4, 0.5) is 35.4 Å². The van der Waals surface area contributed by atoms with E-state index in [4.69, 9.17) is 34.9 Å². The molecular formula is C96H126F4N24O10S. The molecule has 0 saturated carbocycles. The molecule has 4 aliphatic heterocycles. The first-order valence-corrected chi connectivity index (χ1v) is 47.2. The Morgan fingerprint density at radius 1 is 0.370 bits per heavy atom. The summed E-state index contributed by atoms with van der Waals surface area (Å²) >= 11 is 0. The maximum atomic E-state index is 13.8. The number of sulfone groups is 1. The van der Waals surface area contributed by atoms with E-state index in [1.54, 1.807) is 136 Å². The van der Waals surface area contributed by atoms with Gasteiger partial charge in [0.15, 0.2) is 0 Å². The molecule has 4 atom stereocenters. The number of halogens is 4. The zero-order valence-electron chi connectivity index (χ0n) is 79.7.